The van der Waals surface area contributed by atoms with Crippen LogP contribution in [0.3, 0.4) is 0 Å². The maximum atomic E-state index is 5.87. The smallest absolute Gasteiger partial charge is 0.0649 e. The summed E-state index contributed by atoms with van der Waals surface area (Å²) < 4.78 is 5.87. The van der Waals surface area contributed by atoms with E-state index < -0.39 is 0 Å². The highest BCUT2D eigenvalue weighted by Gasteiger charge is 2.53. The van der Waals surface area contributed by atoms with Crippen LogP contribution in [0.5, 0.6) is 0 Å². The molecule has 0 radical (unpaired) electrons. The Kier molecular flexibility index (Phi) is 1.16. The highest BCUT2D eigenvalue weighted by molar-refractivity contribution is 5.04. The molecule has 3 saturated heterocycles. The molecule has 1 N–H and O–H groups in total. The average molecular weight is 153 g/mol. The van der Waals surface area contributed by atoms with Crippen molar-refractivity contribution < 1.29 is 4.74 Å². The molecule has 2 heteroatoms. The zero-order chi connectivity index (χ0) is 7.31. The van der Waals surface area contributed by atoms with Crippen molar-refractivity contribution in [3.63, 3.8) is 0 Å². The van der Waals surface area contributed by atoms with Gasteiger partial charge < -0.3 is 10.1 Å². The summed E-state index contributed by atoms with van der Waals surface area (Å²) in [6.07, 6.45) is 6.58. The van der Waals surface area contributed by atoms with E-state index in [4.69, 9.17) is 4.74 Å². The van der Waals surface area contributed by atoms with Crippen LogP contribution in [0.4, 0.5) is 0 Å². The van der Waals surface area contributed by atoms with Gasteiger partial charge in [0.15, 0.2) is 0 Å². The minimum atomic E-state index is 0.572. The van der Waals surface area contributed by atoms with E-state index in [2.05, 4.69) is 5.32 Å². The fraction of sp³-hybridized carbons (Fsp3) is 1.00. The summed E-state index contributed by atoms with van der Waals surface area (Å²) in [5, 5.41) is 3.46. The minimum absolute atomic E-state index is 0.572. The highest BCUT2D eigenvalue weighted by atomic mass is 16.5. The molecule has 0 aromatic heterocycles. The number of fused-ring (bicyclic) bond motifs is 3. The number of hydrogen-bond acceptors (Lipinski definition) is 2. The number of rotatable bonds is 0. The van der Waals surface area contributed by atoms with Crippen molar-refractivity contribution in [2.75, 3.05) is 13.1 Å². The van der Waals surface area contributed by atoms with Crippen LogP contribution in [-0.4, -0.2) is 25.3 Å². The monoisotopic (exact) mass is 153 g/mol. The van der Waals surface area contributed by atoms with Gasteiger partial charge in [0, 0.05) is 12.0 Å². The predicted molar refractivity (Wildman–Crippen MR) is 42.4 cm³/mol. The second kappa shape index (κ2) is 1.99. The lowest BCUT2D eigenvalue weighted by Gasteiger charge is -2.29. The summed E-state index contributed by atoms with van der Waals surface area (Å²) in [7, 11) is 0. The molecule has 0 saturated carbocycles. The molecule has 2 bridgehead atoms. The van der Waals surface area contributed by atoms with E-state index in [-0.39, 0.29) is 0 Å². The van der Waals surface area contributed by atoms with Crippen molar-refractivity contribution in [1.29, 1.82) is 0 Å². The van der Waals surface area contributed by atoms with Crippen LogP contribution >= 0.6 is 0 Å². The third-order valence-electron chi connectivity index (χ3n) is 3.70. The molecule has 3 fully saturated rings. The third-order valence-corrected chi connectivity index (χ3v) is 3.70. The van der Waals surface area contributed by atoms with Gasteiger partial charge >= 0.3 is 0 Å². The molecule has 0 aromatic carbocycles. The first-order chi connectivity index (χ1) is 5.39. The maximum Gasteiger partial charge on any atom is 0.0649 e. The Labute approximate surface area is 67.3 Å². The van der Waals surface area contributed by atoms with Gasteiger partial charge in [-0.1, -0.05) is 0 Å². The quantitative estimate of drug-likeness (QED) is 0.558. The summed E-state index contributed by atoms with van der Waals surface area (Å²) in [5.74, 6) is 0. The zero-order valence-corrected chi connectivity index (χ0v) is 6.81. The molecule has 1 spiro atoms. The second-order valence-corrected chi connectivity index (χ2v) is 4.32. The van der Waals surface area contributed by atoms with Gasteiger partial charge in [-0.2, -0.15) is 0 Å². The molecular formula is C9H15NO. The van der Waals surface area contributed by atoms with Crippen LogP contribution in [-0.2, 0) is 4.74 Å². The van der Waals surface area contributed by atoms with Gasteiger partial charge in [-0.15, -0.1) is 0 Å². The third kappa shape index (κ3) is 0.744. The molecule has 3 rings (SSSR count). The lowest BCUT2D eigenvalue weighted by Crippen LogP contribution is -2.34. The Hall–Kier alpha value is -0.0800. The Morgan fingerprint density at radius 2 is 2.36 bits per heavy atom. The first kappa shape index (κ1) is 6.44. The molecule has 3 aliphatic heterocycles. The van der Waals surface area contributed by atoms with Gasteiger partial charge in [-0.05, 0) is 32.2 Å². The zero-order valence-electron chi connectivity index (χ0n) is 6.81. The number of nitrogens with one attached hydrogen (secondary N) is 1. The van der Waals surface area contributed by atoms with Crippen LogP contribution in [0.1, 0.15) is 25.7 Å². The molecular weight excluding hydrogens is 138 g/mol. The maximum absolute atomic E-state index is 5.87. The van der Waals surface area contributed by atoms with E-state index in [1.165, 1.54) is 38.8 Å². The van der Waals surface area contributed by atoms with Crippen LogP contribution in [0, 0.1) is 5.41 Å². The summed E-state index contributed by atoms with van der Waals surface area (Å²) in [5.41, 5.74) is 0.572. The summed E-state index contributed by atoms with van der Waals surface area (Å²) >= 11 is 0. The van der Waals surface area contributed by atoms with E-state index in [1.807, 2.05) is 0 Å². The lowest BCUT2D eigenvalue weighted by molar-refractivity contribution is 0.0679. The molecule has 11 heavy (non-hydrogen) atoms. The Morgan fingerprint density at radius 3 is 2.91 bits per heavy atom. The summed E-state index contributed by atoms with van der Waals surface area (Å²) in [6, 6.07) is 0. The standard InChI is InChI=1S/C9H15NO/c1-2-8-9(3-4-10-6-9)5-7(1)11-8/h7-8,10H,1-6H2. The SMILES string of the molecule is C1CC2(CN1)CC1CCC2O1. The van der Waals surface area contributed by atoms with Crippen LogP contribution in [0.15, 0.2) is 0 Å². The van der Waals surface area contributed by atoms with Gasteiger partial charge in [0.1, 0.15) is 0 Å². The van der Waals surface area contributed by atoms with Crippen molar-refractivity contribution in [3.8, 4) is 0 Å². The topological polar surface area (TPSA) is 21.3 Å². The van der Waals surface area contributed by atoms with E-state index in [9.17, 15) is 0 Å². The Morgan fingerprint density at radius 1 is 1.36 bits per heavy atom. The summed E-state index contributed by atoms with van der Waals surface area (Å²) in [4.78, 5) is 0. The van der Waals surface area contributed by atoms with Crippen molar-refractivity contribution in [2.24, 2.45) is 5.41 Å². The first-order valence-corrected chi connectivity index (χ1v) is 4.75. The van der Waals surface area contributed by atoms with E-state index in [0.717, 1.165) is 0 Å². The van der Waals surface area contributed by atoms with E-state index in [1.54, 1.807) is 0 Å². The minimum Gasteiger partial charge on any atom is -0.374 e. The van der Waals surface area contributed by atoms with Crippen molar-refractivity contribution in [1.82, 2.24) is 5.32 Å². The molecule has 2 nitrogen and oxygen atoms in total. The normalized spacial score (nSPS) is 54.5. The Bertz CT molecular complexity index is 174. The highest BCUT2D eigenvalue weighted by Crippen LogP contribution is 2.50. The average Bonchev–Trinajstić information content (AvgIpc) is 2.64. The molecule has 3 aliphatic rings. The molecule has 0 aliphatic carbocycles. The van der Waals surface area contributed by atoms with Crippen LogP contribution < -0.4 is 5.32 Å². The molecule has 3 heterocycles. The molecule has 0 aromatic rings. The number of ether oxygens (including phenoxy) is 1. The van der Waals surface area contributed by atoms with Gasteiger partial charge in [-0.25, -0.2) is 0 Å². The Balaban J connectivity index is 1.88. The summed E-state index contributed by atoms with van der Waals surface area (Å²) in [6.45, 7) is 2.43. The van der Waals surface area contributed by atoms with Crippen LogP contribution in [0.25, 0.3) is 0 Å². The van der Waals surface area contributed by atoms with Crippen LogP contribution in [0.2, 0.25) is 0 Å². The van der Waals surface area contributed by atoms with Gasteiger partial charge in [0.25, 0.3) is 0 Å². The van der Waals surface area contributed by atoms with E-state index >= 15 is 0 Å². The lowest BCUT2D eigenvalue weighted by atomic mass is 9.73. The molecule has 0 amide bonds. The van der Waals surface area contributed by atoms with Gasteiger partial charge in [0.05, 0.1) is 12.2 Å². The first-order valence-electron chi connectivity index (χ1n) is 4.75. The van der Waals surface area contributed by atoms with Crippen molar-refractivity contribution in [3.05, 3.63) is 0 Å². The fourth-order valence-electron chi connectivity index (χ4n) is 3.10. The molecule has 3 atom stereocenters. The van der Waals surface area contributed by atoms with Gasteiger partial charge in [0.2, 0.25) is 0 Å². The second-order valence-electron chi connectivity index (χ2n) is 4.32. The van der Waals surface area contributed by atoms with Crippen molar-refractivity contribution >= 4 is 0 Å². The largest absolute Gasteiger partial charge is 0.374 e. The molecule has 3 unspecified atom stereocenters. The molecule has 62 valence electrons. The van der Waals surface area contributed by atoms with Gasteiger partial charge in [-0.3, -0.25) is 0 Å². The fourth-order valence-corrected chi connectivity index (χ4v) is 3.10. The van der Waals surface area contributed by atoms with E-state index in [0.29, 0.717) is 17.6 Å². The predicted octanol–water partition coefficient (Wildman–Crippen LogP) is 0.917. The van der Waals surface area contributed by atoms with Crippen molar-refractivity contribution in [2.45, 2.75) is 37.9 Å². The number of hydrogen-bond donors (Lipinski definition) is 1.